The minimum atomic E-state index is -1.64. The highest BCUT2D eigenvalue weighted by molar-refractivity contribution is 5.98. The van der Waals surface area contributed by atoms with Crippen LogP contribution in [0.3, 0.4) is 0 Å². The maximum Gasteiger partial charge on any atom is 0.306 e. The van der Waals surface area contributed by atoms with E-state index in [-0.39, 0.29) is 99.2 Å². The molecule has 4 bridgehead atoms. The zero-order valence-corrected chi connectivity index (χ0v) is 55.0. The molecular weight excluding hydrogens is 1250 g/mol. The maximum atomic E-state index is 15.5. The van der Waals surface area contributed by atoms with Crippen LogP contribution in [0.5, 0.6) is 17.2 Å². The Kier molecular flexibility index (Phi) is 23.8. The molecule has 4 saturated carbocycles. The van der Waals surface area contributed by atoms with E-state index in [0.29, 0.717) is 55.2 Å². The summed E-state index contributed by atoms with van der Waals surface area (Å²) in [5.41, 5.74) is -4.97. The second-order valence-corrected chi connectivity index (χ2v) is 28.0. The van der Waals surface area contributed by atoms with E-state index in [1.54, 1.807) is 112 Å². The van der Waals surface area contributed by atoms with Crippen LogP contribution in [0.1, 0.15) is 146 Å². The number of aromatic nitrogens is 3. The lowest BCUT2D eigenvalue weighted by Crippen LogP contribution is -2.63. The van der Waals surface area contributed by atoms with Crippen molar-refractivity contribution in [2.24, 2.45) is 21.7 Å². The van der Waals surface area contributed by atoms with Crippen molar-refractivity contribution in [2.45, 2.75) is 180 Å². The quantitative estimate of drug-likeness (QED) is 0.0193. The highest BCUT2D eigenvalue weighted by atomic mass is 16.6. The summed E-state index contributed by atoms with van der Waals surface area (Å²) in [6, 6.07) is 30.2. The van der Waals surface area contributed by atoms with Gasteiger partial charge in [0.1, 0.15) is 55.1 Å². The Morgan fingerprint density at radius 2 is 0.753 bits per heavy atom. The summed E-state index contributed by atoms with van der Waals surface area (Å²) in [5, 5.41) is 97.6. The summed E-state index contributed by atoms with van der Waals surface area (Å²) in [4.78, 5) is 102. The number of amides is 1. The maximum absolute atomic E-state index is 15.5. The number of carbonyl (C=O) groups excluding carboxylic acids is 4. The van der Waals surface area contributed by atoms with Crippen molar-refractivity contribution >= 4 is 23.4 Å². The summed E-state index contributed by atoms with van der Waals surface area (Å²) in [5.74, 6) is -3.43. The van der Waals surface area contributed by atoms with Crippen molar-refractivity contribution in [3.63, 3.8) is 0 Å². The molecule has 24 heteroatoms. The minimum Gasteiger partial charge on any atom is -0.483 e. The summed E-state index contributed by atoms with van der Waals surface area (Å²) in [7, 11) is 0. The molecule has 0 aliphatic heterocycles. The molecule has 4 aliphatic rings. The second kappa shape index (κ2) is 31.6. The number of benzene rings is 3. The van der Waals surface area contributed by atoms with Gasteiger partial charge >= 0.3 is 5.97 Å². The Morgan fingerprint density at radius 3 is 1.08 bits per heavy atom. The van der Waals surface area contributed by atoms with Crippen molar-refractivity contribution < 1.29 is 84.1 Å². The normalized spacial score (nSPS) is 21.4. The second-order valence-electron chi connectivity index (χ2n) is 28.0. The standard InChI is InChI=1S/C73H90N4O20/c1-69(2,3)97-61(92)21-27-72-41-70(25-19-50(81)62-65(94-37-47-13-7-4-8-14-47)52(83)22-28-75(62)31-55(86)58(89)34-78)40-71(42-72,26-20-51(82)63-66(95-38-48-15-9-5-10-16-48)53(84)23-29-76(63)32-56(87)59(90)35-79)44-73(43-70,45-72)46-74-68(93)64-67(96-39-49-17-11-6-12-18-49)54(85)24-30-77(64)33-57(88)60(91)36-80/h4-18,22-24,28-30,55-60,78-80,86-91H,19-21,25-27,31-46H2,1-3H3,(H,74,93)/t55?,56?,57?,58?,59?,60?,70-,71+,72-,73-. The van der Waals surface area contributed by atoms with Crippen LogP contribution in [-0.2, 0) is 49.0 Å². The van der Waals surface area contributed by atoms with Gasteiger partial charge in [-0.05, 0) is 117 Å². The van der Waals surface area contributed by atoms with Gasteiger partial charge in [-0.25, -0.2) is 0 Å². The first-order valence-corrected chi connectivity index (χ1v) is 32.9. The summed E-state index contributed by atoms with van der Waals surface area (Å²) < 4.78 is 28.4. The third-order valence-electron chi connectivity index (χ3n) is 19.0. The van der Waals surface area contributed by atoms with Gasteiger partial charge in [0.2, 0.25) is 16.3 Å². The van der Waals surface area contributed by atoms with Crippen molar-refractivity contribution in [3.8, 4) is 17.2 Å². The van der Waals surface area contributed by atoms with E-state index in [1.165, 1.54) is 44.4 Å². The lowest BCUT2D eigenvalue weighted by molar-refractivity contribution is -0.208. The Morgan fingerprint density at radius 1 is 0.443 bits per heavy atom. The lowest BCUT2D eigenvalue weighted by Gasteiger charge is -2.71. The van der Waals surface area contributed by atoms with Crippen LogP contribution in [0.15, 0.2) is 142 Å². The number of pyridine rings is 3. The van der Waals surface area contributed by atoms with Gasteiger partial charge in [-0.3, -0.25) is 33.6 Å². The highest BCUT2D eigenvalue weighted by Crippen LogP contribution is 2.76. The number of hydrogen-bond donors (Lipinski definition) is 10. The Balaban J connectivity index is 1.15. The molecule has 4 fully saturated rings. The zero-order chi connectivity index (χ0) is 69.9. The molecule has 3 heterocycles. The van der Waals surface area contributed by atoms with Crippen LogP contribution < -0.4 is 35.8 Å². The van der Waals surface area contributed by atoms with E-state index in [1.807, 2.05) is 0 Å². The van der Waals surface area contributed by atoms with Gasteiger partial charge in [-0.1, -0.05) is 91.0 Å². The highest BCUT2D eigenvalue weighted by Gasteiger charge is 2.67. The van der Waals surface area contributed by atoms with Crippen LogP contribution in [0.4, 0.5) is 0 Å². The number of aliphatic hydroxyl groups is 9. The zero-order valence-electron chi connectivity index (χ0n) is 55.0. The van der Waals surface area contributed by atoms with E-state index >= 15 is 14.4 Å². The summed E-state index contributed by atoms with van der Waals surface area (Å²) in [6.45, 7) is 0.975. The van der Waals surface area contributed by atoms with Crippen molar-refractivity contribution in [2.75, 3.05) is 26.4 Å². The largest absolute Gasteiger partial charge is 0.483 e. The molecule has 10 N–H and O–H groups in total. The van der Waals surface area contributed by atoms with Gasteiger partial charge < -0.3 is 83.9 Å². The Bertz CT molecular complexity index is 3510. The monoisotopic (exact) mass is 1340 g/mol. The molecule has 3 aromatic carbocycles. The van der Waals surface area contributed by atoms with Gasteiger partial charge in [0, 0.05) is 62.6 Å². The van der Waals surface area contributed by atoms with E-state index < -0.39 is 143 Å². The van der Waals surface area contributed by atoms with Crippen LogP contribution >= 0.6 is 0 Å². The number of nitrogens with one attached hydrogen (secondary N) is 1. The number of ketones is 2. The fraction of sp³-hybridized carbons (Fsp3) is 0.493. The third-order valence-corrected chi connectivity index (χ3v) is 19.0. The van der Waals surface area contributed by atoms with E-state index in [9.17, 15) is 65.1 Å². The molecule has 522 valence electrons. The topological polar surface area (TPSA) is 365 Å². The first kappa shape index (κ1) is 73.1. The number of rotatable bonds is 35. The summed E-state index contributed by atoms with van der Waals surface area (Å²) >= 11 is 0. The van der Waals surface area contributed by atoms with Gasteiger partial charge in [0.05, 0.1) is 57.8 Å². The third kappa shape index (κ3) is 18.1. The smallest absolute Gasteiger partial charge is 0.306 e. The van der Waals surface area contributed by atoms with E-state index in [0.717, 1.165) is 6.07 Å². The van der Waals surface area contributed by atoms with Gasteiger partial charge in [-0.15, -0.1) is 0 Å². The fourth-order valence-corrected chi connectivity index (χ4v) is 15.5. The molecule has 0 spiro atoms. The molecule has 10 atom stereocenters. The van der Waals surface area contributed by atoms with Gasteiger partial charge in [-0.2, -0.15) is 0 Å². The molecule has 0 radical (unpaired) electrons. The molecule has 10 rings (SSSR count). The molecule has 1 amide bonds. The predicted octanol–water partition coefficient (Wildman–Crippen LogP) is 4.56. The van der Waals surface area contributed by atoms with E-state index in [4.69, 9.17) is 18.9 Å². The van der Waals surface area contributed by atoms with Gasteiger partial charge in [0.15, 0.2) is 34.5 Å². The van der Waals surface area contributed by atoms with Crippen LogP contribution in [-0.4, -0.2) is 152 Å². The van der Waals surface area contributed by atoms with Crippen molar-refractivity contribution in [3.05, 3.63) is 192 Å². The van der Waals surface area contributed by atoms with Gasteiger partial charge in [0.25, 0.3) is 5.91 Å². The first-order valence-electron chi connectivity index (χ1n) is 32.9. The molecule has 24 nitrogen and oxygen atoms in total. The molecule has 6 aromatic rings. The average Bonchev–Trinajstić information content (AvgIpc) is 0.686. The summed E-state index contributed by atoms with van der Waals surface area (Å²) in [6.07, 6.45) is -3.54. The number of esters is 1. The van der Waals surface area contributed by atoms with Crippen LogP contribution in [0.2, 0.25) is 0 Å². The van der Waals surface area contributed by atoms with Crippen molar-refractivity contribution in [1.82, 2.24) is 19.0 Å². The molecular formula is C73H90N4O20. The van der Waals surface area contributed by atoms with E-state index in [2.05, 4.69) is 5.32 Å². The predicted molar refractivity (Wildman–Crippen MR) is 354 cm³/mol. The SMILES string of the molecule is CC(C)(C)OC(=O)CC[C@@]12C[C@@]3(CCC(=O)c4c(OCc5ccccc5)c(=O)ccn4CC(O)C(O)CO)C[C@@](CCC(=O)c4c(OCc5ccccc5)c(=O)ccn4CC(O)C(O)CO)(C1)C[C@@](CNC(=O)c1c(OCc4ccccc4)c(=O)ccn1CC(O)C(O)CO)(C2)C3. The molecule has 97 heavy (non-hydrogen) atoms. The van der Waals surface area contributed by atoms with Crippen LogP contribution in [0.25, 0.3) is 0 Å². The number of nitrogens with zero attached hydrogens (tertiary/aromatic N) is 3. The number of Topliss-reactive ketones (excluding diaryl/α,β-unsaturated/α-hetero) is 2. The molecule has 4 aliphatic carbocycles. The number of ether oxygens (including phenoxy) is 4. The van der Waals surface area contributed by atoms with Crippen LogP contribution in [0, 0.1) is 21.7 Å². The molecule has 3 aromatic heterocycles. The number of carbonyl (C=O) groups is 4. The Labute approximate surface area is 561 Å². The average molecular weight is 1340 g/mol. The lowest BCUT2D eigenvalue weighted by atomic mass is 9.33. The number of aliphatic hydroxyl groups excluding tert-OH is 9. The first-order chi connectivity index (χ1) is 46.2. The Hall–Kier alpha value is -8.17. The molecule has 6 unspecified atom stereocenters. The van der Waals surface area contributed by atoms with Crippen molar-refractivity contribution in [1.29, 1.82) is 0 Å². The molecule has 0 saturated heterocycles. The minimum absolute atomic E-state index is 0.0506. The fourth-order valence-electron chi connectivity index (χ4n) is 15.5. The number of hydrogen-bond acceptors (Lipinski definition) is 20.